The van der Waals surface area contributed by atoms with Crippen LogP contribution < -0.4 is 10.1 Å². The lowest BCUT2D eigenvalue weighted by atomic mass is 10.1. The number of benzene rings is 2. The highest BCUT2D eigenvalue weighted by molar-refractivity contribution is 6.30. The van der Waals surface area contributed by atoms with Crippen molar-refractivity contribution in [2.45, 2.75) is 32.3 Å². The Kier molecular flexibility index (Phi) is 6.30. The minimum Gasteiger partial charge on any atom is -0.497 e. The normalized spacial score (nSPS) is 15.9. The minimum atomic E-state index is -0.171. The first-order valence-electron chi connectivity index (χ1n) is 10.3. The van der Waals surface area contributed by atoms with E-state index < -0.39 is 0 Å². The zero-order valence-electron chi connectivity index (χ0n) is 17.6. The van der Waals surface area contributed by atoms with Gasteiger partial charge in [-0.25, -0.2) is 0 Å². The van der Waals surface area contributed by atoms with Crippen LogP contribution >= 0.6 is 11.6 Å². The summed E-state index contributed by atoms with van der Waals surface area (Å²) in [4.78, 5) is 26.0. The molecule has 1 atom stereocenters. The van der Waals surface area contributed by atoms with Crippen LogP contribution in [0, 0.1) is 6.92 Å². The number of carbonyl (C=O) groups excluding carboxylic acids is 2. The number of rotatable bonds is 6. The Balaban J connectivity index is 1.68. The second kappa shape index (κ2) is 9.12. The third-order valence-corrected chi connectivity index (χ3v) is 5.98. The van der Waals surface area contributed by atoms with E-state index in [1.165, 1.54) is 0 Å². The maximum atomic E-state index is 13.3. The zero-order chi connectivity index (χ0) is 22.0. The molecule has 1 aromatic heterocycles. The molecule has 0 unspecified atom stereocenters. The van der Waals surface area contributed by atoms with Gasteiger partial charge in [0, 0.05) is 34.8 Å². The predicted octanol–water partition coefficient (Wildman–Crippen LogP) is 4.14. The predicted molar refractivity (Wildman–Crippen MR) is 120 cm³/mol. The third kappa shape index (κ3) is 4.45. The number of carbonyl (C=O) groups is 2. The fourth-order valence-corrected chi connectivity index (χ4v) is 4.18. The number of methoxy groups -OCH3 is 1. The largest absolute Gasteiger partial charge is 0.497 e. The van der Waals surface area contributed by atoms with Crippen molar-refractivity contribution in [2.75, 3.05) is 20.3 Å². The third-order valence-electron chi connectivity index (χ3n) is 5.72. The van der Waals surface area contributed by atoms with Crippen molar-refractivity contribution in [2.24, 2.45) is 0 Å². The molecule has 0 aliphatic carbocycles. The van der Waals surface area contributed by atoms with Gasteiger partial charge >= 0.3 is 0 Å². The number of ether oxygens (including phenoxy) is 2. The first-order chi connectivity index (χ1) is 15.0. The molecule has 1 fully saturated rings. The van der Waals surface area contributed by atoms with Crippen LogP contribution in [0.3, 0.4) is 0 Å². The Morgan fingerprint density at radius 1 is 1.23 bits per heavy atom. The molecule has 31 heavy (non-hydrogen) atoms. The molecule has 0 spiro atoms. The van der Waals surface area contributed by atoms with Gasteiger partial charge in [-0.2, -0.15) is 0 Å². The fourth-order valence-electron chi connectivity index (χ4n) is 4.05. The van der Waals surface area contributed by atoms with Crippen molar-refractivity contribution < 1.29 is 19.1 Å². The van der Waals surface area contributed by atoms with E-state index in [0.29, 0.717) is 22.9 Å². The second-order valence-electron chi connectivity index (χ2n) is 7.71. The standard InChI is InChI=1S/C24H25ClN2O4/c1-15-20(13-23(28)26-14-19-4-3-11-31-19)21-12-18(30-2)9-10-22(21)27(15)24(29)16-5-7-17(25)8-6-16/h5-10,12,19H,3-4,11,13-14H2,1-2H3,(H,26,28)/t19-/m0/s1. The molecule has 1 aliphatic heterocycles. The highest BCUT2D eigenvalue weighted by atomic mass is 35.5. The van der Waals surface area contributed by atoms with Crippen LogP contribution in [0.5, 0.6) is 5.75 Å². The van der Waals surface area contributed by atoms with Crippen LogP contribution in [0.15, 0.2) is 42.5 Å². The molecule has 2 aromatic carbocycles. The first kappa shape index (κ1) is 21.4. The molecule has 2 heterocycles. The Morgan fingerprint density at radius 2 is 2.00 bits per heavy atom. The fraction of sp³-hybridized carbons (Fsp3) is 0.333. The molecule has 6 nitrogen and oxygen atoms in total. The van der Waals surface area contributed by atoms with Crippen molar-refractivity contribution >= 4 is 34.3 Å². The van der Waals surface area contributed by atoms with Crippen molar-refractivity contribution in [3.63, 3.8) is 0 Å². The van der Waals surface area contributed by atoms with Crippen LogP contribution in [-0.4, -0.2) is 42.7 Å². The summed E-state index contributed by atoms with van der Waals surface area (Å²) in [5, 5.41) is 4.36. The highest BCUT2D eigenvalue weighted by Crippen LogP contribution is 2.31. The van der Waals surface area contributed by atoms with Gasteiger partial charge in [0.15, 0.2) is 0 Å². The summed E-state index contributed by atoms with van der Waals surface area (Å²) >= 11 is 5.97. The van der Waals surface area contributed by atoms with E-state index in [0.717, 1.165) is 41.6 Å². The van der Waals surface area contributed by atoms with E-state index in [4.69, 9.17) is 21.1 Å². The summed E-state index contributed by atoms with van der Waals surface area (Å²) in [5.41, 5.74) is 2.80. The van der Waals surface area contributed by atoms with Gasteiger partial charge in [0.1, 0.15) is 5.75 Å². The number of halogens is 1. The van der Waals surface area contributed by atoms with Crippen molar-refractivity contribution in [3.8, 4) is 5.75 Å². The van der Waals surface area contributed by atoms with Gasteiger partial charge < -0.3 is 14.8 Å². The molecule has 1 aliphatic rings. The minimum absolute atomic E-state index is 0.0814. The lowest BCUT2D eigenvalue weighted by Crippen LogP contribution is -2.32. The summed E-state index contributed by atoms with van der Waals surface area (Å²) in [6.07, 6.45) is 2.24. The van der Waals surface area contributed by atoms with Crippen molar-refractivity contribution in [1.29, 1.82) is 0 Å². The molecule has 4 rings (SSSR count). The van der Waals surface area contributed by atoms with E-state index in [9.17, 15) is 9.59 Å². The summed E-state index contributed by atoms with van der Waals surface area (Å²) in [7, 11) is 1.60. The van der Waals surface area contributed by atoms with Gasteiger partial charge in [0.25, 0.3) is 5.91 Å². The van der Waals surface area contributed by atoms with Gasteiger partial charge in [0.2, 0.25) is 5.91 Å². The number of fused-ring (bicyclic) bond motifs is 1. The summed E-state index contributed by atoms with van der Waals surface area (Å²) in [6, 6.07) is 12.3. The van der Waals surface area contributed by atoms with Gasteiger partial charge in [0.05, 0.1) is 25.2 Å². The monoisotopic (exact) mass is 440 g/mol. The summed E-state index contributed by atoms with van der Waals surface area (Å²) in [6.45, 7) is 3.12. The number of nitrogens with zero attached hydrogens (tertiary/aromatic N) is 1. The van der Waals surface area contributed by atoms with Gasteiger partial charge in [-0.3, -0.25) is 14.2 Å². The van der Waals surface area contributed by atoms with Crippen LogP contribution in [0.1, 0.15) is 34.5 Å². The molecule has 0 bridgehead atoms. The van der Waals surface area contributed by atoms with Crippen LogP contribution in [0.2, 0.25) is 5.02 Å². The number of amides is 1. The van der Waals surface area contributed by atoms with Crippen LogP contribution in [0.4, 0.5) is 0 Å². The number of nitrogens with one attached hydrogen (secondary N) is 1. The lowest BCUT2D eigenvalue weighted by molar-refractivity contribution is -0.120. The molecule has 1 amide bonds. The molecular formula is C24H25ClN2O4. The Labute approximate surface area is 186 Å². The highest BCUT2D eigenvalue weighted by Gasteiger charge is 2.23. The molecular weight excluding hydrogens is 416 g/mol. The van der Waals surface area contributed by atoms with Gasteiger partial charge in [-0.05, 0) is 67.8 Å². The first-order valence-corrected chi connectivity index (χ1v) is 10.7. The Morgan fingerprint density at radius 3 is 2.68 bits per heavy atom. The molecule has 7 heteroatoms. The van der Waals surface area contributed by atoms with Gasteiger partial charge in [-0.15, -0.1) is 0 Å². The van der Waals surface area contributed by atoms with E-state index in [1.54, 1.807) is 35.9 Å². The van der Waals surface area contributed by atoms with Crippen LogP contribution in [-0.2, 0) is 16.0 Å². The topological polar surface area (TPSA) is 69.6 Å². The van der Waals surface area contributed by atoms with E-state index >= 15 is 0 Å². The average Bonchev–Trinajstić information content (AvgIpc) is 3.39. The van der Waals surface area contributed by atoms with Crippen molar-refractivity contribution in [3.05, 3.63) is 64.3 Å². The van der Waals surface area contributed by atoms with E-state index in [1.807, 2.05) is 25.1 Å². The lowest BCUT2D eigenvalue weighted by Gasteiger charge is -2.11. The Bertz CT molecular complexity index is 1110. The van der Waals surface area contributed by atoms with Crippen LogP contribution in [0.25, 0.3) is 10.9 Å². The summed E-state index contributed by atoms with van der Waals surface area (Å²) < 4.78 is 12.6. The molecule has 1 saturated heterocycles. The van der Waals surface area contributed by atoms with Crippen molar-refractivity contribution in [1.82, 2.24) is 9.88 Å². The Hall–Kier alpha value is -2.83. The molecule has 162 valence electrons. The average molecular weight is 441 g/mol. The van der Waals surface area contributed by atoms with E-state index in [-0.39, 0.29) is 24.3 Å². The number of aromatic nitrogens is 1. The smallest absolute Gasteiger partial charge is 0.262 e. The van der Waals surface area contributed by atoms with E-state index in [2.05, 4.69) is 5.32 Å². The zero-order valence-corrected chi connectivity index (χ0v) is 18.4. The molecule has 0 saturated carbocycles. The summed E-state index contributed by atoms with van der Waals surface area (Å²) in [5.74, 6) is 0.402. The second-order valence-corrected chi connectivity index (χ2v) is 8.15. The van der Waals surface area contributed by atoms with Gasteiger partial charge in [-0.1, -0.05) is 11.6 Å². The molecule has 3 aromatic rings. The molecule has 1 N–H and O–H groups in total. The SMILES string of the molecule is COc1ccc2c(c1)c(CC(=O)NC[C@@H]1CCCO1)c(C)n2C(=O)c1ccc(Cl)cc1. The maximum absolute atomic E-state index is 13.3. The number of hydrogen-bond donors (Lipinski definition) is 1. The molecule has 0 radical (unpaired) electrons. The quantitative estimate of drug-likeness (QED) is 0.625. The number of hydrogen-bond acceptors (Lipinski definition) is 4. The maximum Gasteiger partial charge on any atom is 0.262 e.